The first kappa shape index (κ1) is 11.3. The average Bonchev–Trinajstić information content (AvgIpc) is 2.22. The molecule has 2 N–H and O–H groups in total. The minimum atomic E-state index is -0.313. The molecule has 0 aliphatic rings. The summed E-state index contributed by atoms with van der Waals surface area (Å²) in [5.74, 6) is -0.377. The topological polar surface area (TPSA) is 73.1 Å². The van der Waals surface area contributed by atoms with Crippen molar-refractivity contribution in [3.05, 3.63) is 28.8 Å². The number of hydrogen-bond acceptors (Lipinski definition) is 3. The van der Waals surface area contributed by atoms with Crippen LogP contribution in [0.25, 0.3) is 0 Å². The average molecular weight is 225 g/mol. The number of carbonyl (C=O) groups excluding carboxylic acids is 1. The number of carbonyl (C=O) groups is 1. The van der Waals surface area contributed by atoms with Gasteiger partial charge < -0.3 is 10.4 Å². The molecule has 0 spiro atoms. The van der Waals surface area contributed by atoms with Gasteiger partial charge >= 0.3 is 0 Å². The zero-order valence-electron chi connectivity index (χ0n) is 7.83. The van der Waals surface area contributed by atoms with Crippen molar-refractivity contribution in [1.29, 1.82) is 5.26 Å². The van der Waals surface area contributed by atoms with Gasteiger partial charge in [-0.15, -0.1) is 0 Å². The van der Waals surface area contributed by atoms with Crippen molar-refractivity contribution in [1.82, 2.24) is 5.32 Å². The van der Waals surface area contributed by atoms with Crippen molar-refractivity contribution >= 4 is 17.5 Å². The first-order chi connectivity index (χ1) is 7.15. The van der Waals surface area contributed by atoms with E-state index in [0.717, 1.165) is 0 Å². The molecule has 0 atom stereocenters. The Balaban J connectivity index is 2.67. The SMILES string of the molecule is N#CCCNC(=O)c1ccc(O)c(Cl)c1. The molecule has 1 aromatic carbocycles. The highest BCUT2D eigenvalue weighted by molar-refractivity contribution is 6.32. The van der Waals surface area contributed by atoms with Gasteiger partial charge in [0.05, 0.1) is 17.5 Å². The Hall–Kier alpha value is -1.73. The second-order valence-electron chi connectivity index (χ2n) is 2.83. The summed E-state index contributed by atoms with van der Waals surface area (Å²) in [6.45, 7) is 0.299. The minimum absolute atomic E-state index is 0.0646. The van der Waals surface area contributed by atoms with Crippen LogP contribution in [0.3, 0.4) is 0 Å². The second kappa shape index (κ2) is 5.23. The van der Waals surface area contributed by atoms with Crippen molar-refractivity contribution in [2.45, 2.75) is 6.42 Å². The lowest BCUT2D eigenvalue weighted by atomic mass is 10.2. The molecule has 4 nitrogen and oxygen atoms in total. The van der Waals surface area contributed by atoms with Gasteiger partial charge in [-0.2, -0.15) is 5.26 Å². The summed E-state index contributed by atoms with van der Waals surface area (Å²) in [5, 5.41) is 20.1. The molecule has 5 heteroatoms. The number of aromatic hydroxyl groups is 1. The lowest BCUT2D eigenvalue weighted by Crippen LogP contribution is -2.24. The number of benzene rings is 1. The number of nitrogens with one attached hydrogen (secondary N) is 1. The van der Waals surface area contributed by atoms with Crippen LogP contribution in [0.2, 0.25) is 5.02 Å². The zero-order valence-corrected chi connectivity index (χ0v) is 8.58. The molecule has 15 heavy (non-hydrogen) atoms. The molecule has 1 aromatic rings. The smallest absolute Gasteiger partial charge is 0.251 e. The maximum Gasteiger partial charge on any atom is 0.251 e. The molecular formula is C10H9ClN2O2. The van der Waals surface area contributed by atoms with Crippen LogP contribution in [0.5, 0.6) is 5.75 Å². The van der Waals surface area contributed by atoms with Crippen LogP contribution in [0.15, 0.2) is 18.2 Å². The predicted octanol–water partition coefficient (Wildman–Crippen LogP) is 1.69. The number of nitriles is 1. The molecule has 1 amide bonds. The van der Waals surface area contributed by atoms with Crippen LogP contribution in [0.4, 0.5) is 0 Å². The summed E-state index contributed by atoms with van der Waals surface area (Å²) in [6, 6.07) is 6.10. The van der Waals surface area contributed by atoms with Crippen LogP contribution in [-0.2, 0) is 0 Å². The number of rotatable bonds is 3. The fourth-order valence-electron chi connectivity index (χ4n) is 0.982. The quantitative estimate of drug-likeness (QED) is 0.768. The van der Waals surface area contributed by atoms with E-state index in [1.165, 1.54) is 18.2 Å². The highest BCUT2D eigenvalue weighted by Gasteiger charge is 2.07. The minimum Gasteiger partial charge on any atom is -0.506 e. The van der Waals surface area contributed by atoms with Gasteiger partial charge in [-0.3, -0.25) is 4.79 Å². The van der Waals surface area contributed by atoms with E-state index in [1.54, 1.807) is 0 Å². The summed E-state index contributed by atoms with van der Waals surface area (Å²) in [4.78, 5) is 11.4. The Morgan fingerprint density at radius 2 is 2.33 bits per heavy atom. The van der Waals surface area contributed by atoms with Gasteiger partial charge in [0.25, 0.3) is 5.91 Å². The molecule has 0 aliphatic heterocycles. The first-order valence-corrected chi connectivity index (χ1v) is 4.66. The fraction of sp³-hybridized carbons (Fsp3) is 0.200. The summed E-state index contributed by atoms with van der Waals surface area (Å²) < 4.78 is 0. The predicted molar refractivity (Wildman–Crippen MR) is 55.7 cm³/mol. The van der Waals surface area contributed by atoms with Crippen molar-refractivity contribution in [3.63, 3.8) is 0 Å². The highest BCUT2D eigenvalue weighted by Crippen LogP contribution is 2.23. The summed E-state index contributed by atoms with van der Waals surface area (Å²) in [7, 11) is 0. The number of nitrogens with zero attached hydrogens (tertiary/aromatic N) is 1. The maximum atomic E-state index is 11.4. The third-order valence-electron chi connectivity index (χ3n) is 1.73. The van der Waals surface area contributed by atoms with E-state index in [-0.39, 0.29) is 23.1 Å². The van der Waals surface area contributed by atoms with Gasteiger partial charge in [-0.25, -0.2) is 0 Å². The Kier molecular flexibility index (Phi) is 3.95. The summed E-state index contributed by atoms with van der Waals surface area (Å²) >= 11 is 5.64. The molecule has 0 unspecified atom stereocenters. The molecule has 0 aliphatic carbocycles. The van der Waals surface area contributed by atoms with E-state index in [4.69, 9.17) is 22.0 Å². The van der Waals surface area contributed by atoms with Gasteiger partial charge in [-0.05, 0) is 18.2 Å². The third kappa shape index (κ3) is 3.15. The lowest BCUT2D eigenvalue weighted by Gasteiger charge is -2.03. The van der Waals surface area contributed by atoms with Gasteiger partial charge in [-0.1, -0.05) is 11.6 Å². The highest BCUT2D eigenvalue weighted by atomic mass is 35.5. The number of halogens is 1. The molecule has 78 valence electrons. The Morgan fingerprint density at radius 1 is 1.60 bits per heavy atom. The molecule has 0 heterocycles. The van der Waals surface area contributed by atoms with E-state index in [9.17, 15) is 4.79 Å². The molecule has 0 aromatic heterocycles. The number of phenolic OH excluding ortho intramolecular Hbond substituents is 1. The number of hydrogen-bond donors (Lipinski definition) is 2. The van der Waals surface area contributed by atoms with Crippen molar-refractivity contribution in [3.8, 4) is 11.8 Å². The molecule has 0 bridgehead atoms. The van der Waals surface area contributed by atoms with Crippen molar-refractivity contribution in [2.75, 3.05) is 6.54 Å². The lowest BCUT2D eigenvalue weighted by molar-refractivity contribution is 0.0954. The molecule has 0 saturated heterocycles. The summed E-state index contributed by atoms with van der Waals surface area (Å²) in [6.07, 6.45) is 0.261. The van der Waals surface area contributed by atoms with Crippen molar-refractivity contribution in [2.24, 2.45) is 0 Å². The maximum absolute atomic E-state index is 11.4. The van der Waals surface area contributed by atoms with E-state index < -0.39 is 0 Å². The van der Waals surface area contributed by atoms with Crippen LogP contribution in [0, 0.1) is 11.3 Å². The van der Waals surface area contributed by atoms with E-state index in [0.29, 0.717) is 12.1 Å². The van der Waals surface area contributed by atoms with Crippen LogP contribution < -0.4 is 5.32 Å². The van der Waals surface area contributed by atoms with Gasteiger partial charge in [0.1, 0.15) is 5.75 Å². The molecule has 0 fully saturated rings. The molecule has 0 radical (unpaired) electrons. The van der Waals surface area contributed by atoms with Gasteiger partial charge in [0, 0.05) is 12.1 Å². The van der Waals surface area contributed by atoms with E-state index in [2.05, 4.69) is 5.32 Å². The Morgan fingerprint density at radius 3 is 2.93 bits per heavy atom. The second-order valence-corrected chi connectivity index (χ2v) is 3.24. The van der Waals surface area contributed by atoms with Gasteiger partial charge in [0.2, 0.25) is 0 Å². The summed E-state index contributed by atoms with van der Waals surface area (Å²) in [5.41, 5.74) is 0.357. The normalized spacial score (nSPS) is 9.33. The Labute approximate surface area is 92.1 Å². The number of amides is 1. The zero-order chi connectivity index (χ0) is 11.3. The van der Waals surface area contributed by atoms with Crippen LogP contribution >= 0.6 is 11.6 Å². The molecular weight excluding hydrogens is 216 g/mol. The van der Waals surface area contributed by atoms with Crippen LogP contribution in [-0.4, -0.2) is 17.6 Å². The standard InChI is InChI=1S/C10H9ClN2O2/c11-8-6-7(2-3-9(8)14)10(15)13-5-1-4-12/h2-3,6,14H,1,5H2,(H,13,15). The van der Waals surface area contributed by atoms with Crippen LogP contribution in [0.1, 0.15) is 16.8 Å². The van der Waals surface area contributed by atoms with E-state index >= 15 is 0 Å². The third-order valence-corrected chi connectivity index (χ3v) is 2.03. The molecule has 1 rings (SSSR count). The Bertz CT molecular complexity index is 412. The molecule has 0 saturated carbocycles. The van der Waals surface area contributed by atoms with Gasteiger partial charge in [0.15, 0.2) is 0 Å². The fourth-order valence-corrected chi connectivity index (χ4v) is 1.16. The van der Waals surface area contributed by atoms with E-state index in [1.807, 2.05) is 6.07 Å². The van der Waals surface area contributed by atoms with Crippen molar-refractivity contribution < 1.29 is 9.90 Å². The largest absolute Gasteiger partial charge is 0.506 e. The monoisotopic (exact) mass is 224 g/mol. The number of phenols is 1. The first-order valence-electron chi connectivity index (χ1n) is 4.29.